The molecule has 1 amide bonds. The van der Waals surface area contributed by atoms with Crippen LogP contribution >= 0.6 is 11.8 Å². The first-order valence-corrected chi connectivity index (χ1v) is 11.5. The maximum Gasteiger partial charge on any atom is 0.283 e. The molecule has 0 spiro atoms. The fraction of sp³-hybridized carbons (Fsp3) is 0.0769. The Kier molecular flexibility index (Phi) is 6.40. The van der Waals surface area contributed by atoms with Crippen molar-refractivity contribution in [2.24, 2.45) is 10.1 Å². The number of aliphatic imine (C=N–C) groups is 1. The molecule has 0 radical (unpaired) electrons. The van der Waals surface area contributed by atoms with Crippen molar-refractivity contribution in [2.45, 2.75) is 6.61 Å². The van der Waals surface area contributed by atoms with Gasteiger partial charge in [0.15, 0.2) is 5.84 Å². The van der Waals surface area contributed by atoms with E-state index in [-0.39, 0.29) is 30.4 Å². The number of carbonyl (C=O) groups excluding carboxylic acids is 1. The lowest BCUT2D eigenvalue weighted by Gasteiger charge is -2.20. The summed E-state index contributed by atoms with van der Waals surface area (Å²) >= 11 is 1.21. The number of fused-ring (bicyclic) bond motifs is 1. The molecule has 0 bridgehead atoms. The molecule has 0 saturated carbocycles. The monoisotopic (exact) mass is 486 g/mol. The predicted octanol–water partition coefficient (Wildman–Crippen LogP) is 5.10. The van der Waals surface area contributed by atoms with Crippen LogP contribution in [0.4, 0.5) is 4.39 Å². The molecule has 35 heavy (non-hydrogen) atoms. The molecule has 2 heterocycles. The Hall–Kier alpha value is -4.24. The SMILES string of the molecule is N=C1/C(=C/c2ccc(OCc3ccccc3F)cc2)C(=O)N=C2SC(COc3ccccc3)=NN12. The van der Waals surface area contributed by atoms with E-state index in [4.69, 9.17) is 14.9 Å². The van der Waals surface area contributed by atoms with Crippen molar-refractivity contribution in [3.8, 4) is 11.5 Å². The second-order valence-corrected chi connectivity index (χ2v) is 8.61. The van der Waals surface area contributed by atoms with Crippen LogP contribution in [-0.2, 0) is 11.4 Å². The highest BCUT2D eigenvalue weighted by Gasteiger charge is 2.35. The van der Waals surface area contributed by atoms with Crippen molar-refractivity contribution in [3.63, 3.8) is 0 Å². The summed E-state index contributed by atoms with van der Waals surface area (Å²) in [5.41, 5.74) is 1.29. The third-order valence-electron chi connectivity index (χ3n) is 5.15. The highest BCUT2D eigenvalue weighted by Crippen LogP contribution is 2.29. The minimum atomic E-state index is -0.506. The maximum absolute atomic E-state index is 13.8. The van der Waals surface area contributed by atoms with Crippen LogP contribution in [0.1, 0.15) is 11.1 Å². The molecule has 0 aromatic heterocycles. The van der Waals surface area contributed by atoms with E-state index in [2.05, 4.69) is 10.1 Å². The molecule has 1 N–H and O–H groups in total. The molecule has 9 heteroatoms. The number of rotatable bonds is 7. The second-order valence-electron chi connectivity index (χ2n) is 7.56. The molecule has 0 aliphatic carbocycles. The highest BCUT2D eigenvalue weighted by atomic mass is 32.2. The lowest BCUT2D eigenvalue weighted by atomic mass is 10.1. The van der Waals surface area contributed by atoms with Crippen molar-refractivity contribution in [3.05, 3.63) is 101 Å². The predicted molar refractivity (Wildman–Crippen MR) is 134 cm³/mol. The topological polar surface area (TPSA) is 87.3 Å². The average Bonchev–Trinajstić information content (AvgIpc) is 3.29. The summed E-state index contributed by atoms with van der Waals surface area (Å²) in [6, 6.07) is 22.7. The zero-order valence-corrected chi connectivity index (χ0v) is 19.2. The number of amides is 1. The zero-order valence-electron chi connectivity index (χ0n) is 18.3. The van der Waals surface area contributed by atoms with Crippen LogP contribution in [0.25, 0.3) is 6.08 Å². The molecule has 7 nitrogen and oxygen atoms in total. The molecular formula is C26H19FN4O3S. The van der Waals surface area contributed by atoms with Gasteiger partial charge < -0.3 is 9.47 Å². The van der Waals surface area contributed by atoms with Gasteiger partial charge >= 0.3 is 0 Å². The van der Waals surface area contributed by atoms with Crippen LogP contribution in [0.2, 0.25) is 0 Å². The van der Waals surface area contributed by atoms with Crippen molar-refractivity contribution in [2.75, 3.05) is 6.61 Å². The van der Waals surface area contributed by atoms with Gasteiger partial charge in [0.1, 0.15) is 35.6 Å². The third-order valence-corrected chi connectivity index (χ3v) is 6.03. The molecule has 0 atom stereocenters. The number of nitrogens with zero attached hydrogens (tertiary/aromatic N) is 3. The van der Waals surface area contributed by atoms with Crippen LogP contribution in [0.5, 0.6) is 11.5 Å². The molecule has 2 aliphatic heterocycles. The number of halogens is 1. The van der Waals surface area contributed by atoms with Gasteiger partial charge in [0.25, 0.3) is 5.91 Å². The summed E-state index contributed by atoms with van der Waals surface area (Å²) in [6.07, 6.45) is 1.59. The molecule has 3 aromatic rings. The third kappa shape index (κ3) is 5.15. The minimum Gasteiger partial charge on any atom is -0.489 e. The first kappa shape index (κ1) is 22.5. The number of nitrogens with one attached hydrogen (secondary N) is 1. The quantitative estimate of drug-likeness (QED) is 0.470. The number of para-hydroxylation sites is 1. The van der Waals surface area contributed by atoms with Crippen molar-refractivity contribution >= 4 is 39.8 Å². The number of hydrogen-bond donors (Lipinski definition) is 1. The number of ether oxygens (including phenoxy) is 2. The fourth-order valence-corrected chi connectivity index (χ4v) is 4.15. The Balaban J connectivity index is 1.25. The van der Waals surface area contributed by atoms with Gasteiger partial charge in [0.05, 0.1) is 5.57 Å². The molecule has 5 rings (SSSR count). The highest BCUT2D eigenvalue weighted by molar-refractivity contribution is 8.27. The van der Waals surface area contributed by atoms with Gasteiger partial charge in [-0.1, -0.05) is 48.5 Å². The lowest BCUT2D eigenvalue weighted by molar-refractivity contribution is -0.114. The van der Waals surface area contributed by atoms with E-state index in [0.717, 1.165) is 0 Å². The summed E-state index contributed by atoms with van der Waals surface area (Å²) < 4.78 is 25.1. The van der Waals surface area contributed by atoms with Crippen LogP contribution in [0, 0.1) is 11.2 Å². The number of benzene rings is 3. The summed E-state index contributed by atoms with van der Waals surface area (Å²) in [6.45, 7) is 0.313. The molecule has 0 fully saturated rings. The van der Waals surface area contributed by atoms with Crippen LogP contribution in [-0.4, -0.2) is 33.6 Å². The summed E-state index contributed by atoms with van der Waals surface area (Å²) in [7, 11) is 0. The van der Waals surface area contributed by atoms with Gasteiger partial charge in [-0.3, -0.25) is 10.2 Å². The van der Waals surface area contributed by atoms with Gasteiger partial charge in [-0.15, -0.1) is 0 Å². The van der Waals surface area contributed by atoms with Gasteiger partial charge in [0.2, 0.25) is 5.17 Å². The van der Waals surface area contributed by atoms with E-state index in [1.807, 2.05) is 30.3 Å². The first-order chi connectivity index (χ1) is 17.1. The van der Waals surface area contributed by atoms with Crippen LogP contribution in [0.15, 0.2) is 94.5 Å². The Morgan fingerprint density at radius 1 is 0.914 bits per heavy atom. The van der Waals surface area contributed by atoms with Gasteiger partial charge in [-0.25, -0.2) is 4.39 Å². The summed E-state index contributed by atoms with van der Waals surface area (Å²) in [5.74, 6) is 0.386. The van der Waals surface area contributed by atoms with Crippen molar-refractivity contribution < 1.29 is 18.7 Å². The van der Waals surface area contributed by atoms with E-state index in [0.29, 0.717) is 32.8 Å². The maximum atomic E-state index is 13.8. The first-order valence-electron chi connectivity index (χ1n) is 10.7. The lowest BCUT2D eigenvalue weighted by Crippen LogP contribution is -2.35. The number of hydrazone groups is 1. The molecule has 174 valence electrons. The summed E-state index contributed by atoms with van der Waals surface area (Å²) in [5, 5.41) is 15.2. The number of amidine groups is 2. The Bertz CT molecular complexity index is 1370. The largest absolute Gasteiger partial charge is 0.489 e. The Morgan fingerprint density at radius 3 is 2.37 bits per heavy atom. The van der Waals surface area contributed by atoms with E-state index < -0.39 is 5.91 Å². The normalized spacial score (nSPS) is 16.1. The van der Waals surface area contributed by atoms with Gasteiger partial charge in [-0.05, 0) is 53.7 Å². The van der Waals surface area contributed by atoms with E-state index in [9.17, 15) is 9.18 Å². The molecule has 2 aliphatic rings. The molecule has 0 saturated heterocycles. The second kappa shape index (κ2) is 9.94. The van der Waals surface area contributed by atoms with Gasteiger partial charge in [-0.2, -0.15) is 15.1 Å². The van der Waals surface area contributed by atoms with E-state index >= 15 is 0 Å². The van der Waals surface area contributed by atoms with Crippen LogP contribution < -0.4 is 9.47 Å². The molecular weight excluding hydrogens is 467 g/mol. The Morgan fingerprint density at radius 2 is 1.60 bits per heavy atom. The smallest absolute Gasteiger partial charge is 0.283 e. The summed E-state index contributed by atoms with van der Waals surface area (Å²) in [4.78, 5) is 16.7. The minimum absolute atomic E-state index is 0.0536. The Labute approximate surface area is 205 Å². The van der Waals surface area contributed by atoms with Gasteiger partial charge in [0, 0.05) is 5.56 Å². The standard InChI is InChI=1S/C26H19FN4O3S/c27-22-9-5-4-6-18(22)15-33-20-12-10-17(11-13-20)14-21-24(28)31-26(29-25(21)32)35-23(30-31)16-34-19-7-2-1-3-8-19/h1-14,28H,15-16H2/b21-14-,28-24?. The molecule has 0 unspecified atom stereocenters. The zero-order chi connectivity index (χ0) is 24.2. The van der Waals surface area contributed by atoms with E-state index in [1.165, 1.54) is 22.8 Å². The van der Waals surface area contributed by atoms with Crippen LogP contribution in [0.3, 0.4) is 0 Å². The van der Waals surface area contributed by atoms with Crippen molar-refractivity contribution in [1.29, 1.82) is 5.41 Å². The number of hydrogen-bond acceptors (Lipinski definition) is 6. The fourth-order valence-electron chi connectivity index (χ4n) is 3.36. The molecule has 3 aromatic carbocycles. The number of carbonyl (C=O) groups is 1. The van der Waals surface area contributed by atoms with Crippen molar-refractivity contribution in [1.82, 2.24) is 5.01 Å². The number of thioether (sulfide) groups is 1. The van der Waals surface area contributed by atoms with E-state index in [1.54, 1.807) is 48.5 Å². The average molecular weight is 487 g/mol.